The molecular formula is C18H16BrCl2N3O4S. The summed E-state index contributed by atoms with van der Waals surface area (Å²) in [5.41, 5.74) is 0.913. The molecule has 3 rings (SSSR count). The number of aromatic nitrogens is 2. The third-order valence-electron chi connectivity index (χ3n) is 3.55. The highest BCUT2D eigenvalue weighted by Crippen LogP contribution is 2.31. The van der Waals surface area contributed by atoms with Gasteiger partial charge in [0.25, 0.3) is 5.09 Å². The molecule has 1 heterocycles. The number of imidazole rings is 1. The Kier molecular flexibility index (Phi) is 9.75. The van der Waals surface area contributed by atoms with Crippen molar-refractivity contribution >= 4 is 50.9 Å². The first-order valence-electron chi connectivity index (χ1n) is 8.09. The number of nitrogens with zero attached hydrogens (tertiary/aromatic N) is 3. The summed E-state index contributed by atoms with van der Waals surface area (Å²) in [4.78, 5) is 13.6. The average Bonchev–Trinajstić information content (AvgIpc) is 3.15. The van der Waals surface area contributed by atoms with E-state index in [1.54, 1.807) is 30.4 Å². The van der Waals surface area contributed by atoms with Gasteiger partial charge in [-0.25, -0.2) is 4.98 Å². The largest absolute Gasteiger partial charge is 0.361 e. The molecule has 7 nitrogen and oxygen atoms in total. The first-order chi connectivity index (χ1) is 13.8. The Morgan fingerprint density at radius 2 is 1.97 bits per heavy atom. The van der Waals surface area contributed by atoms with Crippen LogP contribution in [0.1, 0.15) is 11.7 Å². The minimum absolute atomic E-state index is 0.193. The molecule has 1 unspecified atom stereocenters. The Morgan fingerprint density at radius 1 is 1.28 bits per heavy atom. The maximum absolute atomic E-state index is 8.36. The Balaban J connectivity index is 0.000000687. The average molecular weight is 521 g/mol. The Bertz CT molecular complexity index is 910. The van der Waals surface area contributed by atoms with Crippen molar-refractivity contribution in [3.63, 3.8) is 0 Å². The van der Waals surface area contributed by atoms with Gasteiger partial charge in [-0.3, -0.25) is 0 Å². The van der Waals surface area contributed by atoms with Crippen LogP contribution < -0.4 is 0 Å². The van der Waals surface area contributed by atoms with E-state index in [1.807, 2.05) is 35.0 Å². The number of rotatable bonds is 7. The molecule has 2 aromatic carbocycles. The molecule has 0 bridgehead atoms. The lowest BCUT2D eigenvalue weighted by Crippen LogP contribution is -2.12. The fourth-order valence-corrected chi connectivity index (χ4v) is 3.80. The Labute approximate surface area is 189 Å². The molecule has 29 heavy (non-hydrogen) atoms. The van der Waals surface area contributed by atoms with Gasteiger partial charge in [-0.1, -0.05) is 57.0 Å². The molecule has 0 saturated carbocycles. The van der Waals surface area contributed by atoms with Gasteiger partial charge in [0.2, 0.25) is 0 Å². The third kappa shape index (κ3) is 8.63. The van der Waals surface area contributed by atoms with Crippen LogP contribution in [0.3, 0.4) is 0 Å². The fraction of sp³-hybridized carbons (Fsp3) is 0.167. The maximum Gasteiger partial charge on any atom is 0.291 e. The summed E-state index contributed by atoms with van der Waals surface area (Å²) in [5, 5.41) is 14.9. The Hall–Kier alpha value is -1.78. The predicted molar refractivity (Wildman–Crippen MR) is 116 cm³/mol. The second kappa shape index (κ2) is 12.0. The number of benzene rings is 2. The van der Waals surface area contributed by atoms with Gasteiger partial charge < -0.3 is 14.5 Å². The zero-order chi connectivity index (χ0) is 21.2. The molecule has 1 atom stereocenters. The van der Waals surface area contributed by atoms with Crippen molar-refractivity contribution < 1.29 is 15.0 Å². The molecule has 0 spiro atoms. The molecule has 0 aliphatic heterocycles. The van der Waals surface area contributed by atoms with Crippen molar-refractivity contribution in [2.45, 2.75) is 17.5 Å². The van der Waals surface area contributed by atoms with Crippen LogP contribution in [0.2, 0.25) is 10.0 Å². The highest BCUT2D eigenvalue weighted by Gasteiger charge is 2.17. The first-order valence-corrected chi connectivity index (χ1v) is 10.6. The normalized spacial score (nSPS) is 11.4. The van der Waals surface area contributed by atoms with Crippen LogP contribution in [0, 0.1) is 10.1 Å². The molecule has 1 aromatic heterocycles. The van der Waals surface area contributed by atoms with Gasteiger partial charge in [0.15, 0.2) is 0 Å². The molecule has 154 valence electrons. The van der Waals surface area contributed by atoms with Crippen LogP contribution in [0.15, 0.2) is 70.6 Å². The molecule has 0 radical (unpaired) electrons. The summed E-state index contributed by atoms with van der Waals surface area (Å²) in [5.74, 6) is 0.514. The van der Waals surface area contributed by atoms with E-state index >= 15 is 0 Å². The molecular weight excluding hydrogens is 505 g/mol. The summed E-state index contributed by atoms with van der Waals surface area (Å²) in [6.07, 6.45) is 5.23. The molecule has 0 amide bonds. The summed E-state index contributed by atoms with van der Waals surface area (Å²) in [6.45, 7) is 0.627. The fourth-order valence-electron chi connectivity index (χ4n) is 2.30. The molecule has 0 aliphatic carbocycles. The molecule has 0 aliphatic rings. The van der Waals surface area contributed by atoms with Gasteiger partial charge in [0.1, 0.15) is 6.10 Å². The molecule has 11 heteroatoms. The van der Waals surface area contributed by atoms with E-state index in [4.69, 9.17) is 43.3 Å². The van der Waals surface area contributed by atoms with Crippen LogP contribution in [-0.2, 0) is 11.3 Å². The molecule has 0 saturated heterocycles. The highest BCUT2D eigenvalue weighted by atomic mass is 79.9. The number of thioether (sulfide) groups is 1. The summed E-state index contributed by atoms with van der Waals surface area (Å²) in [7, 11) is 0. The highest BCUT2D eigenvalue weighted by molar-refractivity contribution is 9.10. The third-order valence-corrected chi connectivity index (χ3v) is 5.50. The summed E-state index contributed by atoms with van der Waals surface area (Å²) in [6, 6.07) is 13.6. The first kappa shape index (κ1) is 23.5. The van der Waals surface area contributed by atoms with Crippen molar-refractivity contribution in [1.82, 2.24) is 9.55 Å². The predicted octanol–water partition coefficient (Wildman–Crippen LogP) is 6.11. The zero-order valence-electron chi connectivity index (χ0n) is 14.8. The lowest BCUT2D eigenvalue weighted by Gasteiger charge is -2.20. The van der Waals surface area contributed by atoms with Crippen LogP contribution in [0.4, 0.5) is 0 Å². The minimum atomic E-state index is -1.50. The van der Waals surface area contributed by atoms with Gasteiger partial charge >= 0.3 is 0 Å². The van der Waals surface area contributed by atoms with E-state index in [0.717, 1.165) is 14.9 Å². The van der Waals surface area contributed by atoms with E-state index in [-0.39, 0.29) is 6.10 Å². The topological polar surface area (TPSA) is 90.4 Å². The summed E-state index contributed by atoms with van der Waals surface area (Å²) >= 11 is 17.5. The number of halogens is 3. The van der Waals surface area contributed by atoms with E-state index in [1.165, 1.54) is 0 Å². The number of hydrogen-bond donors (Lipinski definition) is 1. The molecule has 1 N–H and O–H groups in total. The second-order valence-electron chi connectivity index (χ2n) is 5.53. The van der Waals surface area contributed by atoms with Crippen LogP contribution >= 0.6 is 50.9 Å². The number of hydrogen-bond acceptors (Lipinski definition) is 5. The maximum atomic E-state index is 8.36. The van der Waals surface area contributed by atoms with Crippen molar-refractivity contribution in [3.8, 4) is 0 Å². The van der Waals surface area contributed by atoms with Gasteiger partial charge in [-0.15, -0.1) is 10.1 Å². The van der Waals surface area contributed by atoms with Crippen LogP contribution in [0.5, 0.6) is 0 Å². The van der Waals surface area contributed by atoms with E-state index < -0.39 is 5.09 Å². The van der Waals surface area contributed by atoms with Gasteiger partial charge in [-0.05, 0) is 36.4 Å². The lowest BCUT2D eigenvalue weighted by atomic mass is 10.1. The standard InChI is InChI=1S/C18H15BrCl2N2OS.HNO3/c19-13-1-4-15(5-2-13)25-12-24-18(10-23-8-7-22-11-23)16-6-3-14(20)9-17(16)21;2-1(3)4/h1-9,11,18H,10,12H2;(H,2,3,4). The second-order valence-corrected chi connectivity index (χ2v) is 8.29. The molecule has 0 fully saturated rings. The van der Waals surface area contributed by atoms with Crippen LogP contribution in [0.25, 0.3) is 0 Å². The minimum Gasteiger partial charge on any atom is -0.361 e. The van der Waals surface area contributed by atoms with E-state index in [0.29, 0.717) is 22.5 Å². The monoisotopic (exact) mass is 519 g/mol. The molecule has 3 aromatic rings. The summed E-state index contributed by atoms with van der Waals surface area (Å²) < 4.78 is 9.16. The van der Waals surface area contributed by atoms with Crippen molar-refractivity contribution in [2.24, 2.45) is 0 Å². The zero-order valence-corrected chi connectivity index (χ0v) is 18.7. The van der Waals surface area contributed by atoms with E-state index in [2.05, 4.69) is 33.0 Å². The van der Waals surface area contributed by atoms with Gasteiger partial charge in [0, 0.05) is 37.4 Å². The number of ether oxygens (including phenoxy) is 1. The lowest BCUT2D eigenvalue weighted by molar-refractivity contribution is -0.742. The smallest absolute Gasteiger partial charge is 0.291 e. The van der Waals surface area contributed by atoms with Gasteiger partial charge in [0.05, 0.1) is 18.8 Å². The SMILES string of the molecule is Clc1ccc(C(Cn2ccnc2)OCSc2ccc(Br)cc2)c(Cl)c1.O=[N+]([O-])O. The van der Waals surface area contributed by atoms with E-state index in [9.17, 15) is 0 Å². The van der Waals surface area contributed by atoms with Crippen molar-refractivity contribution in [2.75, 3.05) is 5.94 Å². The quantitative estimate of drug-likeness (QED) is 0.175. The van der Waals surface area contributed by atoms with Gasteiger partial charge in [-0.2, -0.15) is 0 Å². The van der Waals surface area contributed by atoms with Crippen molar-refractivity contribution in [3.05, 3.63) is 91.4 Å². The Morgan fingerprint density at radius 3 is 2.55 bits per heavy atom. The van der Waals surface area contributed by atoms with Crippen molar-refractivity contribution in [1.29, 1.82) is 0 Å². The van der Waals surface area contributed by atoms with Crippen LogP contribution in [-0.4, -0.2) is 25.8 Å².